The summed E-state index contributed by atoms with van der Waals surface area (Å²) in [4.78, 5) is 23.5. The lowest BCUT2D eigenvalue weighted by Gasteiger charge is -2.28. The molecule has 23 heavy (non-hydrogen) atoms. The van der Waals surface area contributed by atoms with Crippen molar-refractivity contribution in [2.75, 3.05) is 0 Å². The van der Waals surface area contributed by atoms with Gasteiger partial charge in [0.2, 0.25) is 0 Å². The first kappa shape index (κ1) is 19.2. The molecule has 0 fully saturated rings. The zero-order valence-corrected chi connectivity index (χ0v) is 14.6. The molecule has 3 atom stereocenters. The monoisotopic (exact) mass is 320 g/mol. The Bertz CT molecular complexity index is 483. The molecule has 0 aliphatic carbocycles. The highest BCUT2D eigenvalue weighted by Crippen LogP contribution is 2.21. The maximum absolute atomic E-state index is 12.1. The number of ketones is 1. The maximum Gasteiger partial charge on any atom is 0.316 e. The molecule has 3 unspecified atom stereocenters. The van der Waals surface area contributed by atoms with Crippen LogP contribution in [0.4, 0.5) is 0 Å². The van der Waals surface area contributed by atoms with Crippen LogP contribution in [0.1, 0.15) is 53.4 Å². The Balaban J connectivity index is 2.83. The predicted octanol–water partition coefficient (Wildman–Crippen LogP) is 4.17. The zero-order chi connectivity index (χ0) is 17.2. The Morgan fingerprint density at radius 3 is 2.09 bits per heavy atom. The molecule has 0 aliphatic rings. The topological polar surface area (TPSA) is 52.6 Å². The number of carbonyl (C=O) groups excluding carboxylic acids is 2. The van der Waals surface area contributed by atoms with Crippen LogP contribution in [0, 0.1) is 5.92 Å². The lowest BCUT2D eigenvalue weighted by atomic mass is 10.0. The van der Waals surface area contributed by atoms with E-state index in [9.17, 15) is 9.59 Å². The molecular formula is C19H28O4. The molecule has 0 N–H and O–H groups in total. The van der Waals surface area contributed by atoms with Gasteiger partial charge in [-0.25, -0.2) is 0 Å². The third-order valence-corrected chi connectivity index (χ3v) is 3.82. The van der Waals surface area contributed by atoms with Crippen LogP contribution in [0.3, 0.4) is 0 Å². The molecule has 4 nitrogen and oxygen atoms in total. The fraction of sp³-hybridized carbons (Fsp3) is 0.579. The van der Waals surface area contributed by atoms with Gasteiger partial charge in [0.15, 0.2) is 0 Å². The smallest absolute Gasteiger partial charge is 0.316 e. The van der Waals surface area contributed by atoms with Gasteiger partial charge in [0.05, 0.1) is 0 Å². The Morgan fingerprint density at radius 2 is 1.57 bits per heavy atom. The molecule has 0 saturated carbocycles. The van der Waals surface area contributed by atoms with E-state index in [1.165, 1.54) is 6.92 Å². The number of esters is 1. The summed E-state index contributed by atoms with van der Waals surface area (Å²) in [6, 6.07) is 9.55. The van der Waals surface area contributed by atoms with Gasteiger partial charge in [-0.15, -0.1) is 0 Å². The van der Waals surface area contributed by atoms with Gasteiger partial charge in [-0.05, 0) is 38.8 Å². The van der Waals surface area contributed by atoms with Gasteiger partial charge < -0.3 is 9.47 Å². The minimum Gasteiger partial charge on any atom is -0.487 e. The highest BCUT2D eigenvalue weighted by atomic mass is 16.6. The van der Waals surface area contributed by atoms with E-state index in [0.717, 1.165) is 25.0 Å². The largest absolute Gasteiger partial charge is 0.487 e. The van der Waals surface area contributed by atoms with Gasteiger partial charge in [-0.1, -0.05) is 44.9 Å². The van der Waals surface area contributed by atoms with Crippen molar-refractivity contribution in [3.8, 4) is 5.75 Å². The van der Waals surface area contributed by atoms with Gasteiger partial charge in [-0.2, -0.15) is 0 Å². The van der Waals surface area contributed by atoms with E-state index < -0.39 is 11.9 Å². The molecule has 128 valence electrons. The number of rotatable bonds is 10. The molecule has 0 aromatic heterocycles. The Morgan fingerprint density at radius 1 is 1.00 bits per heavy atom. The van der Waals surface area contributed by atoms with E-state index in [1.807, 2.05) is 37.3 Å². The molecule has 0 aliphatic heterocycles. The summed E-state index contributed by atoms with van der Waals surface area (Å²) >= 11 is 0. The summed E-state index contributed by atoms with van der Waals surface area (Å²) in [5.74, 6) is -0.606. The van der Waals surface area contributed by atoms with E-state index in [0.29, 0.717) is 6.42 Å². The SMILES string of the molecule is CCCC(OC(=O)C(C)C(C)=O)C(CCC)Oc1ccccc1. The number of hydrogen-bond acceptors (Lipinski definition) is 4. The number of ether oxygens (including phenoxy) is 2. The second kappa shape index (κ2) is 10.0. The number of para-hydroxylation sites is 1. The zero-order valence-electron chi connectivity index (χ0n) is 14.6. The van der Waals surface area contributed by atoms with Gasteiger partial charge in [-0.3, -0.25) is 9.59 Å². The minimum atomic E-state index is -0.728. The quantitative estimate of drug-likeness (QED) is 0.479. The molecule has 0 spiro atoms. The number of hydrogen-bond donors (Lipinski definition) is 0. The molecular weight excluding hydrogens is 292 g/mol. The van der Waals surface area contributed by atoms with Crippen molar-refractivity contribution in [3.63, 3.8) is 0 Å². The molecule has 0 radical (unpaired) electrons. The van der Waals surface area contributed by atoms with Crippen molar-refractivity contribution in [1.29, 1.82) is 0 Å². The van der Waals surface area contributed by atoms with Crippen LogP contribution >= 0.6 is 0 Å². The van der Waals surface area contributed by atoms with Crippen molar-refractivity contribution in [2.24, 2.45) is 5.92 Å². The van der Waals surface area contributed by atoms with Crippen LogP contribution in [0.5, 0.6) is 5.75 Å². The normalized spacial score (nSPS) is 14.6. The van der Waals surface area contributed by atoms with Gasteiger partial charge in [0, 0.05) is 0 Å². The van der Waals surface area contributed by atoms with Crippen molar-refractivity contribution < 1.29 is 19.1 Å². The molecule has 0 bridgehead atoms. The Kier molecular flexibility index (Phi) is 8.38. The lowest BCUT2D eigenvalue weighted by Crippen LogP contribution is -2.38. The molecule has 1 rings (SSSR count). The van der Waals surface area contributed by atoms with E-state index in [4.69, 9.17) is 9.47 Å². The fourth-order valence-electron chi connectivity index (χ4n) is 2.30. The summed E-state index contributed by atoms with van der Waals surface area (Å²) in [5.41, 5.74) is 0. The van der Waals surface area contributed by atoms with Crippen LogP contribution < -0.4 is 4.74 Å². The van der Waals surface area contributed by atoms with Crippen molar-refractivity contribution in [3.05, 3.63) is 30.3 Å². The number of benzene rings is 1. The molecule has 4 heteroatoms. The second-order valence-corrected chi connectivity index (χ2v) is 5.85. The van der Waals surface area contributed by atoms with Crippen molar-refractivity contribution in [2.45, 2.75) is 65.6 Å². The molecule has 1 aromatic carbocycles. The van der Waals surface area contributed by atoms with Gasteiger partial charge in [0.25, 0.3) is 0 Å². The molecule has 0 amide bonds. The predicted molar refractivity (Wildman–Crippen MR) is 90.4 cm³/mol. The Hall–Kier alpha value is -1.84. The van der Waals surface area contributed by atoms with Crippen LogP contribution in [-0.4, -0.2) is 24.0 Å². The standard InChI is InChI=1S/C19H28O4/c1-5-10-17(22-16-12-8-7-9-13-16)18(11-6-2)23-19(21)14(3)15(4)20/h7-9,12-14,17-18H,5-6,10-11H2,1-4H3. The second-order valence-electron chi connectivity index (χ2n) is 5.85. The summed E-state index contributed by atoms with van der Waals surface area (Å²) < 4.78 is 11.7. The van der Waals surface area contributed by atoms with E-state index in [1.54, 1.807) is 6.92 Å². The minimum absolute atomic E-state index is 0.179. The molecule has 1 aromatic rings. The fourth-order valence-corrected chi connectivity index (χ4v) is 2.30. The van der Waals surface area contributed by atoms with Crippen molar-refractivity contribution in [1.82, 2.24) is 0 Å². The summed E-state index contributed by atoms with van der Waals surface area (Å²) in [6.45, 7) is 7.11. The van der Waals surface area contributed by atoms with Gasteiger partial charge in [0.1, 0.15) is 29.7 Å². The highest BCUT2D eigenvalue weighted by Gasteiger charge is 2.29. The third-order valence-electron chi connectivity index (χ3n) is 3.82. The van der Waals surface area contributed by atoms with Crippen LogP contribution in [0.15, 0.2) is 30.3 Å². The average molecular weight is 320 g/mol. The molecule has 0 saturated heterocycles. The van der Waals surface area contributed by atoms with E-state index in [-0.39, 0.29) is 18.0 Å². The number of carbonyl (C=O) groups is 2. The maximum atomic E-state index is 12.1. The first-order valence-corrected chi connectivity index (χ1v) is 8.42. The van der Waals surface area contributed by atoms with Crippen LogP contribution in [-0.2, 0) is 14.3 Å². The lowest BCUT2D eigenvalue weighted by molar-refractivity contribution is -0.161. The van der Waals surface area contributed by atoms with E-state index in [2.05, 4.69) is 6.92 Å². The van der Waals surface area contributed by atoms with Crippen LogP contribution in [0.2, 0.25) is 0 Å². The summed E-state index contributed by atoms with van der Waals surface area (Å²) in [5, 5.41) is 0. The molecule has 0 heterocycles. The first-order valence-electron chi connectivity index (χ1n) is 8.42. The third kappa shape index (κ3) is 6.43. The van der Waals surface area contributed by atoms with E-state index >= 15 is 0 Å². The van der Waals surface area contributed by atoms with Gasteiger partial charge >= 0.3 is 5.97 Å². The Labute approximate surface area is 139 Å². The van der Waals surface area contributed by atoms with Crippen molar-refractivity contribution >= 4 is 11.8 Å². The summed E-state index contributed by atoms with van der Waals surface area (Å²) in [7, 11) is 0. The average Bonchev–Trinajstić information content (AvgIpc) is 2.54. The summed E-state index contributed by atoms with van der Waals surface area (Å²) in [6.07, 6.45) is 2.78. The highest BCUT2D eigenvalue weighted by molar-refractivity contribution is 5.97. The van der Waals surface area contributed by atoms with Crippen LogP contribution in [0.25, 0.3) is 0 Å². The first-order chi connectivity index (χ1) is 11.0. The number of Topliss-reactive ketones (excluding diaryl/α,β-unsaturated/α-hetero) is 1.